The van der Waals surface area contributed by atoms with Crippen LogP contribution in [0.1, 0.15) is 32.2 Å². The van der Waals surface area contributed by atoms with Gasteiger partial charge in [-0.2, -0.15) is 4.98 Å². The number of hydrogen-bond acceptors (Lipinski definition) is 6. The quantitative estimate of drug-likeness (QED) is 0.397. The van der Waals surface area contributed by atoms with Crippen molar-refractivity contribution in [3.05, 3.63) is 64.1 Å². The number of carbonyl (C=O) groups is 2. The molecule has 0 spiro atoms. The number of benzene rings is 2. The summed E-state index contributed by atoms with van der Waals surface area (Å²) < 4.78 is 36.7. The zero-order chi connectivity index (χ0) is 29.7. The van der Waals surface area contributed by atoms with Gasteiger partial charge in [-0.3, -0.25) is 14.2 Å². The summed E-state index contributed by atoms with van der Waals surface area (Å²) >= 11 is 6.80. The number of rotatable bonds is 6. The van der Waals surface area contributed by atoms with Gasteiger partial charge < -0.3 is 19.4 Å². The highest BCUT2D eigenvalue weighted by Crippen LogP contribution is 2.47. The van der Waals surface area contributed by atoms with Crippen molar-refractivity contribution >= 4 is 40.1 Å². The standard InChI is InChI=1S/C30H30ClF2N5O4/c1-3-24(39)36-11-12-37(17(2)15-36)29-21-14-22(31)26(20-7-6-18(32)13-23(20)33)28-27(21)38(30(41)34-29)19(16-42-28)8-10-35-9-4-5-25(35)40/h3,6-7,13-14,17,19H,1,4-5,8-12,15-16H2,2H3/t17-,19?/m0/s1. The van der Waals surface area contributed by atoms with E-state index < -0.39 is 23.4 Å². The van der Waals surface area contributed by atoms with Crippen molar-refractivity contribution in [3.63, 3.8) is 0 Å². The molecule has 6 rings (SSSR count). The van der Waals surface area contributed by atoms with Crippen LogP contribution in [-0.4, -0.2) is 76.5 Å². The van der Waals surface area contributed by atoms with Crippen LogP contribution in [0, 0.1) is 11.6 Å². The molecule has 1 unspecified atom stereocenters. The molecule has 2 saturated heterocycles. The van der Waals surface area contributed by atoms with Gasteiger partial charge in [0.1, 0.15) is 24.1 Å². The van der Waals surface area contributed by atoms with Gasteiger partial charge in [0.2, 0.25) is 11.8 Å². The van der Waals surface area contributed by atoms with Gasteiger partial charge in [0.15, 0.2) is 5.75 Å². The number of anilines is 1. The molecule has 2 amide bonds. The molecule has 3 aromatic rings. The van der Waals surface area contributed by atoms with Crippen molar-refractivity contribution < 1.29 is 23.1 Å². The summed E-state index contributed by atoms with van der Waals surface area (Å²) in [6, 6.07) is 4.23. The molecule has 4 heterocycles. The Bertz CT molecular complexity index is 1680. The topological polar surface area (TPSA) is 88.0 Å². The number of aromatic nitrogens is 2. The maximum absolute atomic E-state index is 15.1. The van der Waals surface area contributed by atoms with E-state index in [-0.39, 0.29) is 46.4 Å². The molecule has 220 valence electrons. The molecule has 2 atom stereocenters. The fraction of sp³-hybridized carbons (Fsp3) is 0.400. The fourth-order valence-electron chi connectivity index (χ4n) is 6.28. The van der Waals surface area contributed by atoms with Gasteiger partial charge in [-0.1, -0.05) is 18.2 Å². The largest absolute Gasteiger partial charge is 0.488 e. The van der Waals surface area contributed by atoms with Crippen LogP contribution in [0.25, 0.3) is 22.0 Å². The summed E-state index contributed by atoms with van der Waals surface area (Å²) in [5.74, 6) is -1.03. The Morgan fingerprint density at radius 1 is 1.21 bits per heavy atom. The maximum atomic E-state index is 15.1. The summed E-state index contributed by atoms with van der Waals surface area (Å²) in [4.78, 5) is 48.2. The van der Waals surface area contributed by atoms with Crippen molar-refractivity contribution in [2.45, 2.75) is 38.3 Å². The number of piperazine rings is 1. The molecule has 0 saturated carbocycles. The third-order valence-corrected chi connectivity index (χ3v) is 8.67. The second-order valence-corrected chi connectivity index (χ2v) is 11.3. The second kappa shape index (κ2) is 11.0. The Hall–Kier alpha value is -3.99. The summed E-state index contributed by atoms with van der Waals surface area (Å²) in [6.07, 6.45) is 3.05. The average Bonchev–Trinajstić information content (AvgIpc) is 3.38. The first-order valence-electron chi connectivity index (χ1n) is 14.0. The summed E-state index contributed by atoms with van der Waals surface area (Å²) in [7, 11) is 0. The molecule has 2 aromatic carbocycles. The molecule has 2 fully saturated rings. The number of carbonyl (C=O) groups excluding carboxylic acids is 2. The van der Waals surface area contributed by atoms with Crippen LogP contribution in [0.5, 0.6) is 5.75 Å². The molecule has 12 heteroatoms. The van der Waals surface area contributed by atoms with Crippen LogP contribution in [0.3, 0.4) is 0 Å². The van der Waals surface area contributed by atoms with Gasteiger partial charge in [0.25, 0.3) is 0 Å². The zero-order valence-corrected chi connectivity index (χ0v) is 23.9. The first-order chi connectivity index (χ1) is 20.2. The Kier molecular flexibility index (Phi) is 7.38. The van der Waals surface area contributed by atoms with Gasteiger partial charge in [-0.25, -0.2) is 13.6 Å². The van der Waals surface area contributed by atoms with E-state index in [2.05, 4.69) is 11.6 Å². The van der Waals surface area contributed by atoms with Crippen LogP contribution in [0.15, 0.2) is 41.7 Å². The fourth-order valence-corrected chi connectivity index (χ4v) is 6.58. The van der Waals surface area contributed by atoms with E-state index in [1.807, 2.05) is 11.8 Å². The van der Waals surface area contributed by atoms with Gasteiger partial charge in [-0.15, -0.1) is 0 Å². The third-order valence-electron chi connectivity index (χ3n) is 8.37. The molecular formula is C30H30ClF2N5O4. The summed E-state index contributed by atoms with van der Waals surface area (Å²) in [6.45, 7) is 7.94. The molecule has 0 radical (unpaired) electrons. The molecule has 1 aromatic heterocycles. The first-order valence-corrected chi connectivity index (χ1v) is 14.4. The smallest absolute Gasteiger partial charge is 0.350 e. The van der Waals surface area contributed by atoms with E-state index in [1.165, 1.54) is 12.1 Å². The lowest BCUT2D eigenvalue weighted by Gasteiger charge is -2.41. The Labute approximate surface area is 245 Å². The summed E-state index contributed by atoms with van der Waals surface area (Å²) in [5.41, 5.74) is 0.162. The lowest BCUT2D eigenvalue weighted by molar-refractivity contribution is -0.128. The normalized spacial score (nSPS) is 20.3. The van der Waals surface area contributed by atoms with E-state index in [4.69, 9.17) is 16.3 Å². The molecule has 3 aliphatic heterocycles. The molecule has 0 bridgehead atoms. The monoisotopic (exact) mass is 597 g/mol. The van der Waals surface area contributed by atoms with Crippen LogP contribution >= 0.6 is 11.6 Å². The van der Waals surface area contributed by atoms with E-state index >= 15 is 4.39 Å². The summed E-state index contributed by atoms with van der Waals surface area (Å²) in [5, 5.41) is 0.698. The lowest BCUT2D eigenvalue weighted by Crippen LogP contribution is -2.54. The van der Waals surface area contributed by atoms with Crippen molar-refractivity contribution in [2.24, 2.45) is 0 Å². The second-order valence-electron chi connectivity index (χ2n) is 10.9. The third kappa shape index (κ3) is 4.79. The van der Waals surface area contributed by atoms with Gasteiger partial charge >= 0.3 is 5.69 Å². The van der Waals surface area contributed by atoms with Crippen molar-refractivity contribution in [1.29, 1.82) is 0 Å². The molecular weight excluding hydrogens is 568 g/mol. The Morgan fingerprint density at radius 3 is 2.71 bits per heavy atom. The minimum absolute atomic E-state index is 0.0432. The van der Waals surface area contributed by atoms with Crippen LogP contribution in [0.2, 0.25) is 5.02 Å². The van der Waals surface area contributed by atoms with Crippen LogP contribution in [0.4, 0.5) is 14.6 Å². The van der Waals surface area contributed by atoms with E-state index in [0.29, 0.717) is 62.3 Å². The molecule has 0 aliphatic carbocycles. The number of nitrogens with zero attached hydrogens (tertiary/aromatic N) is 5. The molecule has 0 N–H and O–H groups in total. The van der Waals surface area contributed by atoms with Gasteiger partial charge in [-0.05, 0) is 44.0 Å². The first kappa shape index (κ1) is 28.1. The van der Waals surface area contributed by atoms with E-state index in [1.54, 1.807) is 20.4 Å². The predicted octanol–water partition coefficient (Wildman–Crippen LogP) is 4.16. The molecule has 9 nitrogen and oxygen atoms in total. The van der Waals surface area contributed by atoms with Gasteiger partial charge in [0.05, 0.1) is 16.6 Å². The van der Waals surface area contributed by atoms with E-state index in [9.17, 15) is 18.8 Å². The Morgan fingerprint density at radius 2 is 2.02 bits per heavy atom. The van der Waals surface area contributed by atoms with Crippen LogP contribution in [-0.2, 0) is 9.59 Å². The van der Waals surface area contributed by atoms with Gasteiger partial charge in [0, 0.05) is 67.8 Å². The number of hydrogen-bond donors (Lipinski definition) is 0. The Balaban J connectivity index is 1.51. The van der Waals surface area contributed by atoms with Crippen LogP contribution < -0.4 is 15.3 Å². The molecule has 3 aliphatic rings. The number of amides is 2. The minimum atomic E-state index is -0.814. The van der Waals surface area contributed by atoms with Crippen molar-refractivity contribution in [3.8, 4) is 16.9 Å². The van der Waals surface area contributed by atoms with E-state index in [0.717, 1.165) is 18.6 Å². The number of halogens is 3. The van der Waals surface area contributed by atoms with Crippen molar-refractivity contribution in [1.82, 2.24) is 19.4 Å². The van der Waals surface area contributed by atoms with Crippen molar-refractivity contribution in [2.75, 3.05) is 44.2 Å². The highest BCUT2D eigenvalue weighted by atomic mass is 35.5. The average molecular weight is 598 g/mol. The predicted molar refractivity (Wildman–Crippen MR) is 155 cm³/mol. The highest BCUT2D eigenvalue weighted by molar-refractivity contribution is 6.35. The number of ether oxygens (including phenoxy) is 1. The maximum Gasteiger partial charge on any atom is 0.350 e. The SMILES string of the molecule is C=CC(=O)N1CCN(c2nc(=O)n3c4c(c(-c5ccc(F)cc5F)c(Cl)cc24)OCC3CCN2CCCC2=O)[C@@H](C)C1. The zero-order valence-electron chi connectivity index (χ0n) is 23.1. The minimum Gasteiger partial charge on any atom is -0.488 e. The highest BCUT2D eigenvalue weighted by Gasteiger charge is 2.35. The number of likely N-dealkylation sites (tertiary alicyclic amines) is 1. The molecule has 42 heavy (non-hydrogen) atoms. The lowest BCUT2D eigenvalue weighted by atomic mass is 9.99.